The average Bonchev–Trinajstić information content (AvgIpc) is 2.90. The largest absolute Gasteiger partial charge is 0.497 e. The number of hydrogen-bond acceptors (Lipinski definition) is 7. The smallest absolute Gasteiger partial charge is 0.338 e. The van der Waals surface area contributed by atoms with E-state index in [1.807, 2.05) is 0 Å². The molecule has 0 radical (unpaired) electrons. The molecular weight excluding hydrogens is 490 g/mol. The number of carbonyl (C=O) groups is 3. The number of ether oxygens (including phenoxy) is 2. The summed E-state index contributed by atoms with van der Waals surface area (Å²) in [5.74, 6) is -0.152. The number of benzene rings is 2. The third-order valence-electron chi connectivity index (χ3n) is 5.86. The molecule has 1 N–H and O–H groups in total. The van der Waals surface area contributed by atoms with Crippen LogP contribution in [-0.4, -0.2) is 53.4 Å². The van der Waals surface area contributed by atoms with Crippen molar-refractivity contribution in [3.05, 3.63) is 54.1 Å². The molecule has 1 atom stereocenters. The summed E-state index contributed by atoms with van der Waals surface area (Å²) in [5, 5.41) is 2.76. The molecule has 198 valence electrons. The molecule has 0 bridgehead atoms. The molecule has 1 aliphatic heterocycles. The summed E-state index contributed by atoms with van der Waals surface area (Å²) in [6.07, 6.45) is 5.44. The fourth-order valence-corrected chi connectivity index (χ4v) is 4.98. The molecule has 1 aliphatic rings. The van der Waals surface area contributed by atoms with Crippen LogP contribution in [0.5, 0.6) is 5.75 Å². The Morgan fingerprint density at radius 1 is 1.08 bits per heavy atom. The Morgan fingerprint density at radius 3 is 2.54 bits per heavy atom. The highest BCUT2D eigenvalue weighted by Crippen LogP contribution is 2.31. The normalized spacial score (nSPS) is 16.5. The first-order valence-corrected chi connectivity index (χ1v) is 13.6. The number of esters is 1. The molecule has 2 aromatic carbocycles. The molecule has 1 fully saturated rings. The first kappa shape index (κ1) is 28.2. The molecule has 8 nitrogen and oxygen atoms in total. The Balaban J connectivity index is 1.78. The lowest BCUT2D eigenvalue weighted by Crippen LogP contribution is -2.45. The number of carbonyl (C=O) groups excluding carboxylic acids is 3. The molecule has 3 rings (SSSR count). The molecule has 37 heavy (non-hydrogen) atoms. The summed E-state index contributed by atoms with van der Waals surface area (Å²) in [6, 6.07) is 13.8. The van der Waals surface area contributed by atoms with Crippen molar-refractivity contribution in [3.63, 3.8) is 0 Å². The Labute approximate surface area is 222 Å². The molecule has 9 heteroatoms. The van der Waals surface area contributed by atoms with Crippen LogP contribution in [0.1, 0.15) is 62.7 Å². The first-order valence-electron chi connectivity index (χ1n) is 12.7. The molecule has 0 aliphatic carbocycles. The Morgan fingerprint density at radius 2 is 1.84 bits per heavy atom. The van der Waals surface area contributed by atoms with E-state index in [1.54, 1.807) is 67.5 Å². The zero-order valence-corrected chi connectivity index (χ0v) is 22.5. The molecule has 1 saturated heterocycles. The van der Waals surface area contributed by atoms with Gasteiger partial charge in [0.05, 0.1) is 25.0 Å². The minimum atomic E-state index is -0.618. The maximum atomic E-state index is 13.2. The van der Waals surface area contributed by atoms with Crippen LogP contribution in [0.15, 0.2) is 53.5 Å². The maximum absolute atomic E-state index is 13.2. The van der Waals surface area contributed by atoms with Crippen molar-refractivity contribution in [1.82, 2.24) is 4.90 Å². The van der Waals surface area contributed by atoms with Gasteiger partial charge >= 0.3 is 5.97 Å². The van der Waals surface area contributed by atoms with Crippen molar-refractivity contribution in [1.29, 1.82) is 0 Å². The zero-order valence-electron chi connectivity index (χ0n) is 21.7. The van der Waals surface area contributed by atoms with Crippen LogP contribution in [0.4, 0.5) is 11.4 Å². The van der Waals surface area contributed by atoms with Crippen molar-refractivity contribution in [2.24, 2.45) is 4.99 Å². The minimum Gasteiger partial charge on any atom is -0.497 e. The summed E-state index contributed by atoms with van der Waals surface area (Å²) >= 11 is 1.28. The highest BCUT2D eigenvalue weighted by molar-refractivity contribution is 8.15. The quantitative estimate of drug-likeness (QED) is 0.278. The van der Waals surface area contributed by atoms with Gasteiger partial charge in [-0.25, -0.2) is 9.79 Å². The summed E-state index contributed by atoms with van der Waals surface area (Å²) in [6.45, 7) is 4.78. The predicted molar refractivity (Wildman–Crippen MR) is 148 cm³/mol. The van der Waals surface area contributed by atoms with Gasteiger partial charge in [-0.3, -0.25) is 14.5 Å². The van der Waals surface area contributed by atoms with Crippen LogP contribution in [-0.2, 0) is 14.3 Å². The van der Waals surface area contributed by atoms with Gasteiger partial charge in [0.25, 0.3) is 0 Å². The third kappa shape index (κ3) is 8.35. The van der Waals surface area contributed by atoms with Gasteiger partial charge in [0.2, 0.25) is 11.8 Å². The van der Waals surface area contributed by atoms with Crippen LogP contribution in [0.3, 0.4) is 0 Å². The lowest BCUT2D eigenvalue weighted by atomic mass is 10.1. The number of amides is 2. The topological polar surface area (TPSA) is 97.3 Å². The molecular formula is C28H35N3O5S. The molecule has 1 unspecified atom stereocenters. The van der Waals surface area contributed by atoms with Crippen molar-refractivity contribution < 1.29 is 23.9 Å². The van der Waals surface area contributed by atoms with Crippen molar-refractivity contribution in [3.8, 4) is 5.75 Å². The van der Waals surface area contributed by atoms with E-state index < -0.39 is 11.2 Å². The van der Waals surface area contributed by atoms with Gasteiger partial charge < -0.3 is 14.8 Å². The number of anilines is 1. The minimum absolute atomic E-state index is 0.0935. The van der Waals surface area contributed by atoms with E-state index in [0.717, 1.165) is 25.7 Å². The summed E-state index contributed by atoms with van der Waals surface area (Å²) < 4.78 is 10.3. The SMILES string of the molecule is CCCCCCCN1C(=O)CC(C(=O)Nc2cccc(OC)c2)SC1=Nc1ccc(C(=O)OCC)cc1. The number of hydrogen-bond donors (Lipinski definition) is 1. The summed E-state index contributed by atoms with van der Waals surface area (Å²) in [4.78, 5) is 44.6. The number of aliphatic imine (C=N–C) groups is 1. The number of unbranched alkanes of at least 4 members (excludes halogenated alkanes) is 4. The number of amidine groups is 1. The predicted octanol–water partition coefficient (Wildman–Crippen LogP) is 5.80. The standard InChI is InChI=1S/C28H35N3O5S/c1-4-6-7-8-9-17-31-25(32)19-24(26(33)29-22-11-10-12-23(18-22)35-3)37-28(31)30-21-15-13-20(14-16-21)27(34)36-5-2/h10-16,18,24H,4-9,17,19H2,1-3H3,(H,29,33). The molecule has 0 spiro atoms. The van der Waals surface area contributed by atoms with Crippen LogP contribution < -0.4 is 10.1 Å². The molecule has 2 aromatic rings. The van der Waals surface area contributed by atoms with E-state index >= 15 is 0 Å². The zero-order chi connectivity index (χ0) is 26.6. The second-order valence-electron chi connectivity index (χ2n) is 8.65. The van der Waals surface area contributed by atoms with Crippen molar-refractivity contribution >= 4 is 46.1 Å². The molecule has 0 saturated carbocycles. The van der Waals surface area contributed by atoms with E-state index in [4.69, 9.17) is 14.5 Å². The van der Waals surface area contributed by atoms with E-state index in [9.17, 15) is 14.4 Å². The fourth-order valence-electron chi connectivity index (χ4n) is 3.86. The van der Waals surface area contributed by atoms with Gasteiger partial charge in [-0.15, -0.1) is 0 Å². The van der Waals surface area contributed by atoms with Crippen molar-refractivity contribution in [2.75, 3.05) is 25.6 Å². The lowest BCUT2D eigenvalue weighted by molar-refractivity contribution is -0.129. The first-order chi connectivity index (χ1) is 17.9. The second kappa shape index (κ2) is 14.4. The Hall–Kier alpha value is -3.33. The summed E-state index contributed by atoms with van der Waals surface area (Å²) in [5.41, 5.74) is 1.62. The number of rotatable bonds is 12. The highest BCUT2D eigenvalue weighted by atomic mass is 32.2. The van der Waals surface area contributed by atoms with E-state index in [-0.39, 0.29) is 18.2 Å². The van der Waals surface area contributed by atoms with E-state index in [1.165, 1.54) is 18.2 Å². The lowest BCUT2D eigenvalue weighted by Gasteiger charge is -2.32. The third-order valence-corrected chi connectivity index (χ3v) is 7.05. The van der Waals surface area contributed by atoms with Crippen LogP contribution in [0.2, 0.25) is 0 Å². The van der Waals surface area contributed by atoms with Gasteiger partial charge in [0.1, 0.15) is 11.0 Å². The average molecular weight is 526 g/mol. The van der Waals surface area contributed by atoms with E-state index in [2.05, 4.69) is 12.2 Å². The highest BCUT2D eigenvalue weighted by Gasteiger charge is 2.35. The number of thioether (sulfide) groups is 1. The number of nitrogens with one attached hydrogen (secondary N) is 1. The molecule has 0 aromatic heterocycles. The monoisotopic (exact) mass is 525 g/mol. The number of methoxy groups -OCH3 is 1. The van der Waals surface area contributed by atoms with Gasteiger partial charge in [0, 0.05) is 24.7 Å². The van der Waals surface area contributed by atoms with Gasteiger partial charge in [-0.05, 0) is 49.7 Å². The van der Waals surface area contributed by atoms with Crippen molar-refractivity contribution in [2.45, 2.75) is 57.6 Å². The Bertz CT molecular complexity index is 1100. The maximum Gasteiger partial charge on any atom is 0.338 e. The fraction of sp³-hybridized carbons (Fsp3) is 0.429. The van der Waals surface area contributed by atoms with E-state index in [0.29, 0.717) is 41.0 Å². The molecule has 1 heterocycles. The second-order valence-corrected chi connectivity index (χ2v) is 9.82. The van der Waals surface area contributed by atoms with Gasteiger partial charge in [-0.2, -0.15) is 0 Å². The summed E-state index contributed by atoms with van der Waals surface area (Å²) in [7, 11) is 1.56. The van der Waals surface area contributed by atoms with Crippen LogP contribution in [0, 0.1) is 0 Å². The van der Waals surface area contributed by atoms with Gasteiger partial charge in [-0.1, -0.05) is 50.4 Å². The molecule has 2 amide bonds. The van der Waals surface area contributed by atoms with Crippen LogP contribution in [0.25, 0.3) is 0 Å². The van der Waals surface area contributed by atoms with Gasteiger partial charge in [0.15, 0.2) is 5.17 Å². The number of nitrogens with zero attached hydrogens (tertiary/aromatic N) is 2. The van der Waals surface area contributed by atoms with Crippen LogP contribution >= 0.6 is 11.8 Å². The Kier molecular flexibility index (Phi) is 11.0.